The first-order chi connectivity index (χ1) is 9.22. The minimum absolute atomic E-state index is 0.0139. The number of amides is 1. The lowest BCUT2D eigenvalue weighted by Gasteiger charge is -2.09. The van der Waals surface area contributed by atoms with Gasteiger partial charge < -0.3 is 15.2 Å². The molecule has 106 valence electrons. The van der Waals surface area contributed by atoms with E-state index in [2.05, 4.69) is 5.32 Å². The second-order valence-electron chi connectivity index (χ2n) is 4.47. The maximum atomic E-state index is 11.5. The highest BCUT2D eigenvalue weighted by Crippen LogP contribution is 2.08. The van der Waals surface area contributed by atoms with Crippen LogP contribution in [0, 0.1) is 0 Å². The molecule has 1 aromatic carbocycles. The molecule has 1 amide bonds. The van der Waals surface area contributed by atoms with Crippen LogP contribution in [-0.4, -0.2) is 30.3 Å². The Balaban J connectivity index is 2.01. The summed E-state index contributed by atoms with van der Waals surface area (Å²) in [5, 5.41) is 12.1. The van der Waals surface area contributed by atoms with Gasteiger partial charge in [0.2, 0.25) is 5.91 Å². The molecule has 0 radical (unpaired) electrons. The zero-order chi connectivity index (χ0) is 13.9. The Bertz CT molecular complexity index is 354. The van der Waals surface area contributed by atoms with Gasteiger partial charge in [-0.2, -0.15) is 0 Å². The molecular weight excluding hydrogens is 242 g/mol. The van der Waals surface area contributed by atoms with Crippen molar-refractivity contribution >= 4 is 5.91 Å². The molecule has 19 heavy (non-hydrogen) atoms. The van der Waals surface area contributed by atoms with Crippen LogP contribution in [-0.2, 0) is 4.79 Å². The molecule has 0 aromatic heterocycles. The van der Waals surface area contributed by atoms with Gasteiger partial charge in [-0.15, -0.1) is 0 Å². The Hall–Kier alpha value is -1.55. The third kappa shape index (κ3) is 7.47. The minimum Gasteiger partial charge on any atom is -0.494 e. The Morgan fingerprint density at radius 2 is 2.11 bits per heavy atom. The maximum absolute atomic E-state index is 11.5. The summed E-state index contributed by atoms with van der Waals surface area (Å²) in [6.45, 7) is 3.00. The van der Waals surface area contributed by atoms with Crippen molar-refractivity contribution in [2.75, 3.05) is 13.2 Å². The lowest BCUT2D eigenvalue weighted by atomic mass is 10.2. The van der Waals surface area contributed by atoms with Crippen LogP contribution >= 0.6 is 0 Å². The van der Waals surface area contributed by atoms with Crippen LogP contribution in [0.25, 0.3) is 0 Å². The summed E-state index contributed by atoms with van der Waals surface area (Å²) in [7, 11) is 0. The highest BCUT2D eigenvalue weighted by molar-refractivity contribution is 5.75. The van der Waals surface area contributed by atoms with Gasteiger partial charge in [-0.25, -0.2) is 0 Å². The fourth-order valence-electron chi connectivity index (χ4n) is 1.61. The highest BCUT2D eigenvalue weighted by atomic mass is 16.5. The zero-order valence-corrected chi connectivity index (χ0v) is 11.5. The first-order valence-electron chi connectivity index (χ1n) is 6.85. The summed E-state index contributed by atoms with van der Waals surface area (Å²) in [4.78, 5) is 11.5. The van der Waals surface area contributed by atoms with Crippen LogP contribution in [0.3, 0.4) is 0 Å². The number of carbonyl (C=O) groups is 1. The lowest BCUT2D eigenvalue weighted by molar-refractivity contribution is -0.121. The van der Waals surface area contributed by atoms with Crippen LogP contribution < -0.4 is 10.1 Å². The molecular formula is C15H23NO3. The topological polar surface area (TPSA) is 58.6 Å². The molecule has 2 N–H and O–H groups in total. The summed E-state index contributed by atoms with van der Waals surface area (Å²) >= 11 is 0. The van der Waals surface area contributed by atoms with E-state index in [-0.39, 0.29) is 12.0 Å². The monoisotopic (exact) mass is 265 g/mol. The van der Waals surface area contributed by atoms with Crippen molar-refractivity contribution in [3.05, 3.63) is 30.3 Å². The molecule has 0 heterocycles. The highest BCUT2D eigenvalue weighted by Gasteiger charge is 2.03. The molecule has 0 aliphatic rings. The lowest BCUT2D eigenvalue weighted by Crippen LogP contribution is -2.27. The predicted molar refractivity (Wildman–Crippen MR) is 75.1 cm³/mol. The van der Waals surface area contributed by atoms with Crippen molar-refractivity contribution in [2.45, 2.75) is 38.7 Å². The number of hydrogen-bond donors (Lipinski definition) is 2. The van der Waals surface area contributed by atoms with Gasteiger partial charge in [0.1, 0.15) is 5.75 Å². The molecule has 4 heteroatoms. The van der Waals surface area contributed by atoms with Gasteiger partial charge in [0.25, 0.3) is 0 Å². The standard InChI is InChI=1S/C15H23NO3/c1-2-13(17)10-11-16-15(18)9-6-12-19-14-7-4-3-5-8-14/h3-5,7-8,13,17H,2,6,9-12H2,1H3,(H,16,18). The Morgan fingerprint density at radius 1 is 1.37 bits per heavy atom. The second-order valence-corrected chi connectivity index (χ2v) is 4.47. The number of rotatable bonds is 9. The average molecular weight is 265 g/mol. The van der Waals surface area contributed by atoms with Crippen molar-refractivity contribution in [3.63, 3.8) is 0 Å². The largest absolute Gasteiger partial charge is 0.494 e. The van der Waals surface area contributed by atoms with Gasteiger partial charge >= 0.3 is 0 Å². The Labute approximate surface area is 114 Å². The van der Waals surface area contributed by atoms with Gasteiger partial charge in [0.05, 0.1) is 12.7 Å². The van der Waals surface area contributed by atoms with Crippen LogP contribution in [0.1, 0.15) is 32.6 Å². The predicted octanol–water partition coefficient (Wildman–Crippen LogP) is 2.12. The normalized spacial score (nSPS) is 11.9. The number of carbonyl (C=O) groups excluding carboxylic acids is 1. The fourth-order valence-corrected chi connectivity index (χ4v) is 1.61. The van der Waals surface area contributed by atoms with Crippen LogP contribution in [0.5, 0.6) is 5.75 Å². The molecule has 0 saturated heterocycles. The first kappa shape index (κ1) is 15.5. The van der Waals surface area contributed by atoms with Crippen molar-refractivity contribution in [3.8, 4) is 5.75 Å². The van der Waals surface area contributed by atoms with E-state index in [0.29, 0.717) is 32.4 Å². The Kier molecular flexibility index (Phi) is 7.66. The summed E-state index contributed by atoms with van der Waals surface area (Å²) in [6, 6.07) is 9.56. The molecule has 0 spiro atoms. The molecule has 0 bridgehead atoms. The molecule has 1 aromatic rings. The molecule has 4 nitrogen and oxygen atoms in total. The molecule has 0 fully saturated rings. The summed E-state index contributed by atoms with van der Waals surface area (Å²) in [6.07, 6.45) is 2.16. The van der Waals surface area contributed by atoms with Crippen LogP contribution in [0.2, 0.25) is 0 Å². The van der Waals surface area contributed by atoms with Gasteiger partial charge in [0, 0.05) is 13.0 Å². The van der Waals surface area contributed by atoms with E-state index in [1.807, 2.05) is 37.3 Å². The molecule has 1 rings (SSSR count). The van der Waals surface area contributed by atoms with E-state index in [4.69, 9.17) is 4.74 Å². The van der Waals surface area contributed by atoms with E-state index in [1.165, 1.54) is 0 Å². The Morgan fingerprint density at radius 3 is 2.79 bits per heavy atom. The van der Waals surface area contributed by atoms with Gasteiger partial charge in [-0.05, 0) is 31.4 Å². The summed E-state index contributed by atoms with van der Waals surface area (Å²) in [5.41, 5.74) is 0. The number of aliphatic hydroxyl groups is 1. The van der Waals surface area contributed by atoms with Crippen LogP contribution in [0.15, 0.2) is 30.3 Å². The molecule has 0 aliphatic heterocycles. The van der Waals surface area contributed by atoms with Crippen molar-refractivity contribution in [2.24, 2.45) is 0 Å². The third-order valence-corrected chi connectivity index (χ3v) is 2.83. The number of nitrogens with one attached hydrogen (secondary N) is 1. The number of benzene rings is 1. The maximum Gasteiger partial charge on any atom is 0.220 e. The van der Waals surface area contributed by atoms with Crippen molar-refractivity contribution in [1.82, 2.24) is 5.32 Å². The molecule has 0 aliphatic carbocycles. The summed E-state index contributed by atoms with van der Waals surface area (Å²) in [5.74, 6) is 0.842. The minimum atomic E-state index is -0.318. The number of hydrogen-bond acceptors (Lipinski definition) is 3. The van der Waals surface area contributed by atoms with Crippen molar-refractivity contribution in [1.29, 1.82) is 0 Å². The number of para-hydroxylation sites is 1. The van der Waals surface area contributed by atoms with E-state index in [1.54, 1.807) is 0 Å². The summed E-state index contributed by atoms with van der Waals surface area (Å²) < 4.78 is 5.50. The quantitative estimate of drug-likeness (QED) is 0.672. The second kappa shape index (κ2) is 9.39. The SMILES string of the molecule is CCC(O)CCNC(=O)CCCOc1ccccc1. The van der Waals surface area contributed by atoms with Gasteiger partial charge in [-0.1, -0.05) is 25.1 Å². The van der Waals surface area contributed by atoms with Gasteiger partial charge in [-0.3, -0.25) is 4.79 Å². The van der Waals surface area contributed by atoms with E-state index in [0.717, 1.165) is 12.2 Å². The van der Waals surface area contributed by atoms with Gasteiger partial charge in [0.15, 0.2) is 0 Å². The molecule has 1 atom stereocenters. The van der Waals surface area contributed by atoms with E-state index in [9.17, 15) is 9.90 Å². The fraction of sp³-hybridized carbons (Fsp3) is 0.533. The van der Waals surface area contributed by atoms with Crippen molar-refractivity contribution < 1.29 is 14.6 Å². The zero-order valence-electron chi connectivity index (χ0n) is 11.5. The van der Waals surface area contributed by atoms with E-state index >= 15 is 0 Å². The number of ether oxygens (including phenoxy) is 1. The third-order valence-electron chi connectivity index (χ3n) is 2.83. The first-order valence-corrected chi connectivity index (χ1v) is 6.85. The average Bonchev–Trinajstić information content (AvgIpc) is 2.44. The van der Waals surface area contributed by atoms with Crippen LogP contribution in [0.4, 0.5) is 0 Å². The number of aliphatic hydroxyl groups excluding tert-OH is 1. The molecule has 0 saturated carbocycles. The molecule has 1 unspecified atom stereocenters. The smallest absolute Gasteiger partial charge is 0.220 e. The van der Waals surface area contributed by atoms with E-state index < -0.39 is 0 Å².